The molecule has 94 valence electrons. The van der Waals surface area contributed by atoms with Crippen LogP contribution in [0.4, 0.5) is 5.69 Å². The summed E-state index contributed by atoms with van der Waals surface area (Å²) < 4.78 is 1.10. The molecule has 0 unspecified atom stereocenters. The van der Waals surface area contributed by atoms with Crippen LogP contribution in [0.25, 0.3) is 0 Å². The van der Waals surface area contributed by atoms with Gasteiger partial charge in [-0.05, 0) is 47.3 Å². The highest BCUT2D eigenvalue weighted by molar-refractivity contribution is 9.10. The van der Waals surface area contributed by atoms with E-state index in [1.807, 2.05) is 12.1 Å². The second-order valence-corrected chi connectivity index (χ2v) is 5.87. The molecule has 1 aliphatic carbocycles. The van der Waals surface area contributed by atoms with Crippen LogP contribution in [0.2, 0.25) is 0 Å². The van der Waals surface area contributed by atoms with E-state index in [9.17, 15) is 5.11 Å². The van der Waals surface area contributed by atoms with Crippen molar-refractivity contribution < 1.29 is 5.11 Å². The summed E-state index contributed by atoms with van der Waals surface area (Å²) >= 11 is 3.58. The zero-order valence-corrected chi connectivity index (χ0v) is 11.9. The zero-order chi connectivity index (χ0) is 12.3. The predicted molar refractivity (Wildman–Crippen MR) is 75.4 cm³/mol. The largest absolute Gasteiger partial charge is 0.388 e. The molecule has 0 radical (unpaired) electrons. The lowest BCUT2D eigenvalue weighted by atomic mass is 9.85. The van der Waals surface area contributed by atoms with Crippen LogP contribution in [0.15, 0.2) is 22.7 Å². The van der Waals surface area contributed by atoms with E-state index in [1.54, 1.807) is 0 Å². The summed E-state index contributed by atoms with van der Waals surface area (Å²) in [5.74, 6) is 0. The molecule has 1 aromatic carbocycles. The number of aryl methyl sites for hydroxylation is 1. The number of anilines is 1. The van der Waals surface area contributed by atoms with Crippen LogP contribution in [0.3, 0.4) is 0 Å². The summed E-state index contributed by atoms with van der Waals surface area (Å²) in [4.78, 5) is 0. The molecule has 0 atom stereocenters. The first-order chi connectivity index (χ1) is 8.11. The Labute approximate surface area is 112 Å². The number of rotatable bonds is 3. The van der Waals surface area contributed by atoms with Crippen LogP contribution in [-0.2, 0) is 0 Å². The van der Waals surface area contributed by atoms with E-state index in [-0.39, 0.29) is 0 Å². The van der Waals surface area contributed by atoms with Gasteiger partial charge in [0.1, 0.15) is 0 Å². The van der Waals surface area contributed by atoms with Gasteiger partial charge in [0.2, 0.25) is 0 Å². The maximum Gasteiger partial charge on any atom is 0.0819 e. The Morgan fingerprint density at radius 1 is 1.29 bits per heavy atom. The van der Waals surface area contributed by atoms with Gasteiger partial charge in [-0.2, -0.15) is 0 Å². The molecule has 1 aromatic rings. The van der Waals surface area contributed by atoms with E-state index in [4.69, 9.17) is 0 Å². The Morgan fingerprint density at radius 2 is 2.00 bits per heavy atom. The van der Waals surface area contributed by atoms with E-state index in [2.05, 4.69) is 34.2 Å². The predicted octanol–water partition coefficient (Wildman–Crippen LogP) is 3.86. The van der Waals surface area contributed by atoms with Crippen LogP contribution >= 0.6 is 15.9 Å². The maximum absolute atomic E-state index is 10.4. The Kier molecular flexibility index (Phi) is 4.10. The molecule has 0 amide bonds. The second kappa shape index (κ2) is 5.40. The molecule has 3 heteroatoms. The minimum absolute atomic E-state index is 0.512. The van der Waals surface area contributed by atoms with E-state index in [1.165, 1.54) is 12.0 Å². The molecule has 0 aromatic heterocycles. The summed E-state index contributed by atoms with van der Waals surface area (Å²) in [5, 5.41) is 13.8. The van der Waals surface area contributed by atoms with E-state index in [0.29, 0.717) is 6.54 Å². The van der Waals surface area contributed by atoms with Crippen LogP contribution in [-0.4, -0.2) is 17.3 Å². The number of hydrogen-bond acceptors (Lipinski definition) is 2. The minimum atomic E-state index is -0.512. The SMILES string of the molecule is Cc1cccc(NCC2(O)CCCCC2)c1Br. The van der Waals surface area contributed by atoms with Gasteiger partial charge in [0, 0.05) is 16.7 Å². The molecule has 2 nitrogen and oxygen atoms in total. The fourth-order valence-corrected chi connectivity index (χ4v) is 2.83. The summed E-state index contributed by atoms with van der Waals surface area (Å²) in [6, 6.07) is 6.15. The van der Waals surface area contributed by atoms with E-state index in [0.717, 1.165) is 35.8 Å². The fraction of sp³-hybridized carbons (Fsp3) is 0.571. The van der Waals surface area contributed by atoms with Crippen LogP contribution in [0.5, 0.6) is 0 Å². The van der Waals surface area contributed by atoms with Gasteiger partial charge < -0.3 is 10.4 Å². The lowest BCUT2D eigenvalue weighted by Crippen LogP contribution is -2.38. The van der Waals surface area contributed by atoms with Gasteiger partial charge >= 0.3 is 0 Å². The van der Waals surface area contributed by atoms with Gasteiger partial charge in [-0.3, -0.25) is 0 Å². The number of aliphatic hydroxyl groups is 1. The van der Waals surface area contributed by atoms with Gasteiger partial charge in [-0.1, -0.05) is 31.4 Å². The molecule has 0 bridgehead atoms. The van der Waals surface area contributed by atoms with Crippen molar-refractivity contribution in [2.45, 2.75) is 44.6 Å². The molecule has 0 heterocycles. The maximum atomic E-state index is 10.4. The van der Waals surface area contributed by atoms with Gasteiger partial charge in [0.25, 0.3) is 0 Å². The summed E-state index contributed by atoms with van der Waals surface area (Å²) in [7, 11) is 0. The zero-order valence-electron chi connectivity index (χ0n) is 10.3. The average molecular weight is 298 g/mol. The normalized spacial score (nSPS) is 19.0. The van der Waals surface area contributed by atoms with Crippen molar-refractivity contribution in [3.63, 3.8) is 0 Å². The molecule has 0 saturated heterocycles. The van der Waals surface area contributed by atoms with Crippen molar-refractivity contribution in [2.24, 2.45) is 0 Å². The Morgan fingerprint density at radius 3 is 2.71 bits per heavy atom. The van der Waals surface area contributed by atoms with Gasteiger partial charge in [0.15, 0.2) is 0 Å². The third-order valence-corrected chi connectivity index (χ3v) is 4.64. The second-order valence-electron chi connectivity index (χ2n) is 5.08. The summed E-state index contributed by atoms with van der Waals surface area (Å²) in [6.07, 6.45) is 5.39. The number of hydrogen-bond donors (Lipinski definition) is 2. The fourth-order valence-electron chi connectivity index (χ4n) is 2.43. The van der Waals surface area contributed by atoms with Crippen molar-refractivity contribution in [3.05, 3.63) is 28.2 Å². The third-order valence-electron chi connectivity index (χ3n) is 3.58. The highest BCUT2D eigenvalue weighted by atomic mass is 79.9. The van der Waals surface area contributed by atoms with Gasteiger partial charge in [-0.25, -0.2) is 0 Å². The van der Waals surface area contributed by atoms with Crippen LogP contribution < -0.4 is 5.32 Å². The first kappa shape index (κ1) is 12.9. The minimum Gasteiger partial charge on any atom is -0.388 e. The first-order valence-electron chi connectivity index (χ1n) is 6.32. The molecule has 0 spiro atoms. The number of benzene rings is 1. The molecular weight excluding hydrogens is 278 g/mol. The van der Waals surface area contributed by atoms with Crippen molar-refractivity contribution in [3.8, 4) is 0 Å². The van der Waals surface area contributed by atoms with Crippen molar-refractivity contribution in [1.82, 2.24) is 0 Å². The standard InChI is InChI=1S/C14H20BrNO/c1-11-6-5-7-12(13(11)15)16-10-14(17)8-3-2-4-9-14/h5-7,16-17H,2-4,8-10H2,1H3. The number of halogens is 1. The quantitative estimate of drug-likeness (QED) is 0.888. The molecule has 1 fully saturated rings. The van der Waals surface area contributed by atoms with Crippen LogP contribution in [0.1, 0.15) is 37.7 Å². The average Bonchev–Trinajstić information content (AvgIpc) is 2.32. The Bertz CT molecular complexity index is 386. The monoisotopic (exact) mass is 297 g/mol. The molecule has 2 N–H and O–H groups in total. The third kappa shape index (κ3) is 3.23. The molecule has 0 aliphatic heterocycles. The van der Waals surface area contributed by atoms with Crippen molar-refractivity contribution in [2.75, 3.05) is 11.9 Å². The smallest absolute Gasteiger partial charge is 0.0819 e. The van der Waals surface area contributed by atoms with Crippen molar-refractivity contribution >= 4 is 21.6 Å². The summed E-state index contributed by atoms with van der Waals surface area (Å²) in [5.41, 5.74) is 1.77. The van der Waals surface area contributed by atoms with Crippen molar-refractivity contribution in [1.29, 1.82) is 0 Å². The highest BCUT2D eigenvalue weighted by Gasteiger charge is 2.28. The van der Waals surface area contributed by atoms with E-state index < -0.39 is 5.60 Å². The molecule has 1 aliphatic rings. The van der Waals surface area contributed by atoms with E-state index >= 15 is 0 Å². The molecule has 1 saturated carbocycles. The highest BCUT2D eigenvalue weighted by Crippen LogP contribution is 2.30. The Balaban J connectivity index is 1.99. The Hall–Kier alpha value is -0.540. The van der Waals surface area contributed by atoms with Gasteiger partial charge in [-0.15, -0.1) is 0 Å². The first-order valence-corrected chi connectivity index (χ1v) is 7.11. The van der Waals surface area contributed by atoms with Crippen LogP contribution in [0, 0.1) is 6.92 Å². The molecule has 17 heavy (non-hydrogen) atoms. The molecular formula is C14H20BrNO. The number of nitrogens with one attached hydrogen (secondary N) is 1. The lowest BCUT2D eigenvalue weighted by Gasteiger charge is -2.32. The topological polar surface area (TPSA) is 32.3 Å². The lowest BCUT2D eigenvalue weighted by molar-refractivity contribution is 0.0167. The summed E-state index contributed by atoms with van der Waals surface area (Å²) in [6.45, 7) is 2.72. The molecule has 2 rings (SSSR count). The van der Waals surface area contributed by atoms with Gasteiger partial charge in [0.05, 0.1) is 5.60 Å².